The summed E-state index contributed by atoms with van der Waals surface area (Å²) < 4.78 is 11.0. The summed E-state index contributed by atoms with van der Waals surface area (Å²) in [5.41, 5.74) is 1.71. The molecule has 0 bridgehead atoms. The average molecular weight is 267 g/mol. The topological polar surface area (TPSA) is 72.9 Å². The number of nitrogens with zero attached hydrogens (tertiary/aromatic N) is 3. The number of halogens is 1. The van der Waals surface area contributed by atoms with Crippen molar-refractivity contribution >= 4 is 11.6 Å². The summed E-state index contributed by atoms with van der Waals surface area (Å²) in [7, 11) is 1.56. The second-order valence-electron chi connectivity index (χ2n) is 3.94. The van der Waals surface area contributed by atoms with Crippen molar-refractivity contribution in [1.82, 2.24) is 20.6 Å². The van der Waals surface area contributed by atoms with E-state index in [1.807, 2.05) is 6.07 Å². The maximum absolute atomic E-state index is 6.22. The molecule has 3 rings (SSSR count). The van der Waals surface area contributed by atoms with E-state index in [0.29, 0.717) is 28.8 Å². The lowest BCUT2D eigenvalue weighted by atomic mass is 10.0. The summed E-state index contributed by atoms with van der Waals surface area (Å²) in [4.78, 5) is 0. The molecule has 2 heterocycles. The van der Waals surface area contributed by atoms with E-state index >= 15 is 0 Å². The van der Waals surface area contributed by atoms with E-state index < -0.39 is 0 Å². The molecule has 0 saturated carbocycles. The molecule has 0 atom stereocenters. The minimum absolute atomic E-state index is 0.424. The first-order valence-corrected chi connectivity index (χ1v) is 5.95. The van der Waals surface area contributed by atoms with Crippen molar-refractivity contribution in [2.24, 2.45) is 0 Å². The van der Waals surface area contributed by atoms with Gasteiger partial charge in [0.1, 0.15) is 11.3 Å². The number of aromatic nitrogens is 4. The zero-order valence-electron chi connectivity index (χ0n) is 9.73. The van der Waals surface area contributed by atoms with E-state index in [9.17, 15) is 0 Å². The van der Waals surface area contributed by atoms with Crippen molar-refractivity contribution in [2.75, 3.05) is 13.7 Å². The van der Waals surface area contributed by atoms with Crippen LogP contribution in [-0.2, 0) is 6.42 Å². The molecule has 1 aromatic heterocycles. The van der Waals surface area contributed by atoms with Gasteiger partial charge in [0.25, 0.3) is 0 Å². The van der Waals surface area contributed by atoms with E-state index in [-0.39, 0.29) is 0 Å². The smallest absolute Gasteiger partial charge is 0.212 e. The Kier molecular flexibility index (Phi) is 2.79. The highest BCUT2D eigenvalue weighted by molar-refractivity contribution is 6.32. The van der Waals surface area contributed by atoms with Crippen LogP contribution in [-0.4, -0.2) is 34.3 Å². The number of rotatable bonds is 2. The lowest BCUT2D eigenvalue weighted by Crippen LogP contribution is -2.10. The van der Waals surface area contributed by atoms with Crippen molar-refractivity contribution in [2.45, 2.75) is 12.8 Å². The number of ether oxygens (including phenoxy) is 2. The Balaban J connectivity index is 2.28. The van der Waals surface area contributed by atoms with Gasteiger partial charge in [-0.15, -0.1) is 10.2 Å². The fourth-order valence-electron chi connectivity index (χ4n) is 2.12. The third kappa shape index (κ3) is 1.69. The van der Waals surface area contributed by atoms with Crippen LogP contribution in [0, 0.1) is 0 Å². The number of fused-ring (bicyclic) bond motifs is 1. The molecule has 7 heteroatoms. The van der Waals surface area contributed by atoms with Crippen LogP contribution in [0.1, 0.15) is 12.0 Å². The van der Waals surface area contributed by atoms with E-state index in [2.05, 4.69) is 20.6 Å². The Morgan fingerprint density at radius 3 is 3.11 bits per heavy atom. The molecule has 0 amide bonds. The van der Waals surface area contributed by atoms with E-state index in [1.54, 1.807) is 7.11 Å². The van der Waals surface area contributed by atoms with Gasteiger partial charge in [-0.1, -0.05) is 11.6 Å². The van der Waals surface area contributed by atoms with Crippen LogP contribution in [0.4, 0.5) is 0 Å². The third-order valence-electron chi connectivity index (χ3n) is 2.87. The molecule has 1 aliphatic heterocycles. The number of aromatic amines is 1. The first kappa shape index (κ1) is 11.3. The number of methoxy groups -OCH3 is 1. The highest BCUT2D eigenvalue weighted by Gasteiger charge is 2.25. The fourth-order valence-corrected chi connectivity index (χ4v) is 2.43. The van der Waals surface area contributed by atoms with Gasteiger partial charge in [0.2, 0.25) is 5.82 Å². The highest BCUT2D eigenvalue weighted by atomic mass is 35.5. The lowest BCUT2D eigenvalue weighted by molar-refractivity contribution is 0.287. The summed E-state index contributed by atoms with van der Waals surface area (Å²) >= 11 is 6.22. The monoisotopic (exact) mass is 266 g/mol. The standard InChI is InChI=1S/C11H11ClN4O2/c1-17-10-7(12)5-6-3-2-4-18-9(6)8(10)11-13-15-16-14-11/h5H,2-4H2,1H3,(H,13,14,15,16). The van der Waals surface area contributed by atoms with Crippen molar-refractivity contribution < 1.29 is 9.47 Å². The van der Waals surface area contributed by atoms with Gasteiger partial charge in [-0.25, -0.2) is 0 Å². The fraction of sp³-hybridized carbons (Fsp3) is 0.364. The maximum atomic E-state index is 6.22. The molecule has 0 saturated heterocycles. The number of hydrogen-bond donors (Lipinski definition) is 1. The van der Waals surface area contributed by atoms with Crippen molar-refractivity contribution in [3.05, 3.63) is 16.7 Å². The van der Waals surface area contributed by atoms with Gasteiger partial charge in [-0.2, -0.15) is 5.21 Å². The molecule has 1 aliphatic rings. The minimum atomic E-state index is 0.424. The Bertz CT molecular complexity index is 571. The summed E-state index contributed by atoms with van der Waals surface area (Å²) in [6.45, 7) is 0.669. The van der Waals surface area contributed by atoms with Crippen LogP contribution >= 0.6 is 11.6 Å². The Morgan fingerprint density at radius 1 is 1.50 bits per heavy atom. The average Bonchev–Trinajstić information content (AvgIpc) is 2.90. The molecule has 1 aromatic carbocycles. The molecule has 0 unspecified atom stereocenters. The quantitative estimate of drug-likeness (QED) is 0.898. The first-order chi connectivity index (χ1) is 8.81. The van der Waals surface area contributed by atoms with Gasteiger partial charge in [-0.3, -0.25) is 0 Å². The zero-order valence-corrected chi connectivity index (χ0v) is 10.5. The maximum Gasteiger partial charge on any atom is 0.212 e. The third-order valence-corrected chi connectivity index (χ3v) is 3.15. The predicted molar refractivity (Wildman–Crippen MR) is 65.0 cm³/mol. The number of nitrogens with one attached hydrogen (secondary N) is 1. The Labute approximate surface area is 108 Å². The van der Waals surface area contributed by atoms with Crippen LogP contribution in [0.2, 0.25) is 5.02 Å². The van der Waals surface area contributed by atoms with E-state index in [0.717, 1.165) is 24.2 Å². The molecule has 0 aliphatic carbocycles. The van der Waals surface area contributed by atoms with Crippen molar-refractivity contribution in [3.8, 4) is 22.9 Å². The van der Waals surface area contributed by atoms with Crippen LogP contribution in [0.15, 0.2) is 6.07 Å². The van der Waals surface area contributed by atoms with E-state index in [4.69, 9.17) is 21.1 Å². The molecule has 94 valence electrons. The van der Waals surface area contributed by atoms with Gasteiger partial charge in [0, 0.05) is 0 Å². The molecule has 18 heavy (non-hydrogen) atoms. The minimum Gasteiger partial charge on any atom is -0.494 e. The van der Waals surface area contributed by atoms with Crippen LogP contribution in [0.25, 0.3) is 11.4 Å². The molecule has 2 aromatic rings. The molecule has 0 fully saturated rings. The lowest BCUT2D eigenvalue weighted by Gasteiger charge is -2.21. The van der Waals surface area contributed by atoms with Gasteiger partial charge in [-0.05, 0) is 29.7 Å². The summed E-state index contributed by atoms with van der Waals surface area (Å²) in [6, 6.07) is 1.87. The van der Waals surface area contributed by atoms with Crippen LogP contribution < -0.4 is 9.47 Å². The van der Waals surface area contributed by atoms with Gasteiger partial charge in [0.05, 0.1) is 18.7 Å². The van der Waals surface area contributed by atoms with Crippen LogP contribution in [0.5, 0.6) is 11.5 Å². The van der Waals surface area contributed by atoms with Gasteiger partial charge >= 0.3 is 0 Å². The molecule has 6 nitrogen and oxygen atoms in total. The number of hydrogen-bond acceptors (Lipinski definition) is 5. The number of tetrazole rings is 1. The van der Waals surface area contributed by atoms with Gasteiger partial charge < -0.3 is 9.47 Å². The summed E-state index contributed by atoms with van der Waals surface area (Å²) in [5.74, 6) is 1.68. The van der Waals surface area contributed by atoms with Gasteiger partial charge in [0.15, 0.2) is 5.75 Å². The number of benzene rings is 1. The normalized spacial score (nSPS) is 13.9. The van der Waals surface area contributed by atoms with Crippen LogP contribution in [0.3, 0.4) is 0 Å². The largest absolute Gasteiger partial charge is 0.494 e. The predicted octanol–water partition coefficient (Wildman–Crippen LogP) is 1.85. The Morgan fingerprint density at radius 2 is 2.39 bits per heavy atom. The molecule has 0 spiro atoms. The molecule has 1 N–H and O–H groups in total. The molecule has 0 radical (unpaired) electrons. The molecular weight excluding hydrogens is 256 g/mol. The Hall–Kier alpha value is -1.82. The van der Waals surface area contributed by atoms with E-state index in [1.165, 1.54) is 0 Å². The zero-order chi connectivity index (χ0) is 12.5. The number of H-pyrrole nitrogens is 1. The summed E-state index contributed by atoms with van der Waals surface area (Å²) in [6.07, 6.45) is 1.89. The SMILES string of the molecule is COc1c(Cl)cc2c(c1-c1nn[nH]n1)OCCC2. The molecular formula is C11H11ClN4O2. The van der Waals surface area contributed by atoms with Crippen molar-refractivity contribution in [1.29, 1.82) is 0 Å². The summed E-state index contributed by atoms with van der Waals surface area (Å²) in [5, 5.41) is 14.5. The second-order valence-corrected chi connectivity index (χ2v) is 4.35. The highest BCUT2D eigenvalue weighted by Crippen LogP contribution is 2.45. The van der Waals surface area contributed by atoms with Crippen molar-refractivity contribution in [3.63, 3.8) is 0 Å². The second kappa shape index (κ2) is 4.45. The number of aryl methyl sites for hydroxylation is 1. The first-order valence-electron chi connectivity index (χ1n) is 5.57.